The molecule has 0 saturated carbocycles. The van der Waals surface area contributed by atoms with Gasteiger partial charge in [-0.05, 0) is 37.1 Å². The van der Waals surface area contributed by atoms with Crippen LogP contribution in [0.5, 0.6) is 11.5 Å². The van der Waals surface area contributed by atoms with Gasteiger partial charge in [-0.3, -0.25) is 4.90 Å². The molecule has 7 nitrogen and oxygen atoms in total. The second-order valence-corrected chi connectivity index (χ2v) is 7.64. The van der Waals surface area contributed by atoms with Crippen molar-refractivity contribution in [1.82, 2.24) is 20.2 Å². The molecular weight excluding hydrogens is 368 g/mol. The van der Waals surface area contributed by atoms with Crippen LogP contribution in [0, 0.1) is 0 Å². The highest BCUT2D eigenvalue weighted by Gasteiger charge is 2.23. The molecule has 1 fully saturated rings. The fraction of sp³-hybridized carbons (Fsp3) is 0.545. The second kappa shape index (κ2) is 9.52. The topological polar surface area (TPSA) is 68.7 Å². The lowest BCUT2D eigenvalue weighted by atomic mass is 10.1. The van der Waals surface area contributed by atoms with Crippen LogP contribution in [0.2, 0.25) is 0 Å². The third kappa shape index (κ3) is 4.86. The predicted molar refractivity (Wildman–Crippen MR) is 110 cm³/mol. The molecule has 1 aromatic heterocycles. The summed E-state index contributed by atoms with van der Waals surface area (Å²) in [7, 11) is 3.34. The molecule has 2 aliphatic rings. The van der Waals surface area contributed by atoms with E-state index in [9.17, 15) is 0 Å². The Kier molecular flexibility index (Phi) is 6.59. The van der Waals surface area contributed by atoms with E-state index in [2.05, 4.69) is 27.3 Å². The van der Waals surface area contributed by atoms with E-state index in [4.69, 9.17) is 19.2 Å². The van der Waals surface area contributed by atoms with E-state index < -0.39 is 0 Å². The SMILES string of the molecule is COCCOc1ccc(CN2CCc3nc([C@@H]4CCCN4)ncc3C2)cc1OC. The van der Waals surface area contributed by atoms with Crippen LogP contribution in [0.25, 0.3) is 0 Å². The minimum atomic E-state index is 0.329. The number of ether oxygens (including phenoxy) is 3. The molecule has 0 unspecified atom stereocenters. The fourth-order valence-corrected chi connectivity index (χ4v) is 4.02. The van der Waals surface area contributed by atoms with Gasteiger partial charge in [-0.15, -0.1) is 0 Å². The lowest BCUT2D eigenvalue weighted by Crippen LogP contribution is -2.31. The Hall–Kier alpha value is -2.22. The van der Waals surface area contributed by atoms with Gasteiger partial charge in [0.25, 0.3) is 0 Å². The Morgan fingerprint density at radius 3 is 2.93 bits per heavy atom. The molecule has 156 valence electrons. The average Bonchev–Trinajstić information content (AvgIpc) is 3.29. The summed E-state index contributed by atoms with van der Waals surface area (Å²) >= 11 is 0. The second-order valence-electron chi connectivity index (χ2n) is 7.64. The Bertz CT molecular complexity index is 824. The molecule has 0 spiro atoms. The highest BCUT2D eigenvalue weighted by molar-refractivity contribution is 5.43. The maximum Gasteiger partial charge on any atom is 0.161 e. The standard InChI is InChI=1S/C22H30N4O3/c1-27-10-11-29-20-6-5-16(12-21(20)28-2)14-26-9-7-18-17(15-26)13-24-22(25-18)19-4-3-8-23-19/h5-6,12-13,19,23H,3-4,7-11,14-15H2,1-2H3/t19-/m0/s1. The number of hydrogen-bond donors (Lipinski definition) is 1. The van der Waals surface area contributed by atoms with Crippen LogP contribution < -0.4 is 14.8 Å². The third-order valence-corrected chi connectivity index (χ3v) is 5.58. The quantitative estimate of drug-likeness (QED) is 0.685. The summed E-state index contributed by atoms with van der Waals surface area (Å²) in [4.78, 5) is 11.9. The number of aromatic nitrogens is 2. The van der Waals surface area contributed by atoms with Gasteiger partial charge in [0.1, 0.15) is 12.4 Å². The minimum Gasteiger partial charge on any atom is -0.493 e. The summed E-state index contributed by atoms with van der Waals surface area (Å²) in [5, 5.41) is 3.49. The molecule has 29 heavy (non-hydrogen) atoms. The molecule has 0 aliphatic carbocycles. The van der Waals surface area contributed by atoms with E-state index in [1.807, 2.05) is 12.3 Å². The molecule has 0 radical (unpaired) electrons. The maximum absolute atomic E-state index is 5.73. The van der Waals surface area contributed by atoms with Gasteiger partial charge in [0.15, 0.2) is 11.5 Å². The van der Waals surface area contributed by atoms with Crippen LogP contribution >= 0.6 is 0 Å². The van der Waals surface area contributed by atoms with E-state index in [1.54, 1.807) is 14.2 Å². The first-order chi connectivity index (χ1) is 14.3. The number of methoxy groups -OCH3 is 2. The summed E-state index contributed by atoms with van der Waals surface area (Å²) in [5.41, 5.74) is 3.65. The molecule has 7 heteroatoms. The van der Waals surface area contributed by atoms with Crippen molar-refractivity contribution in [2.75, 3.05) is 40.5 Å². The predicted octanol–water partition coefficient (Wildman–Crippen LogP) is 2.49. The summed E-state index contributed by atoms with van der Waals surface area (Å²) < 4.78 is 16.3. The van der Waals surface area contributed by atoms with Gasteiger partial charge < -0.3 is 19.5 Å². The fourth-order valence-electron chi connectivity index (χ4n) is 4.02. The summed E-state index contributed by atoms with van der Waals surface area (Å²) in [5.74, 6) is 2.47. The van der Waals surface area contributed by atoms with Crippen LogP contribution in [-0.4, -0.2) is 55.4 Å². The van der Waals surface area contributed by atoms with Crippen LogP contribution in [-0.2, 0) is 24.2 Å². The molecule has 4 rings (SSSR count). The number of nitrogens with one attached hydrogen (secondary N) is 1. The number of hydrogen-bond acceptors (Lipinski definition) is 7. The zero-order valence-corrected chi connectivity index (χ0v) is 17.3. The summed E-state index contributed by atoms with van der Waals surface area (Å²) in [6.45, 7) is 4.86. The zero-order valence-electron chi connectivity index (χ0n) is 17.3. The Morgan fingerprint density at radius 2 is 2.14 bits per heavy atom. The van der Waals surface area contributed by atoms with Crippen LogP contribution in [0.3, 0.4) is 0 Å². The van der Waals surface area contributed by atoms with Gasteiger partial charge in [0.05, 0.1) is 19.8 Å². The first kappa shape index (κ1) is 20.1. The molecule has 1 saturated heterocycles. The van der Waals surface area contributed by atoms with Crippen molar-refractivity contribution in [1.29, 1.82) is 0 Å². The molecule has 3 heterocycles. The van der Waals surface area contributed by atoms with Gasteiger partial charge in [-0.25, -0.2) is 9.97 Å². The number of benzene rings is 1. The normalized spacial score (nSPS) is 19.2. The van der Waals surface area contributed by atoms with Crippen LogP contribution in [0.4, 0.5) is 0 Å². The van der Waals surface area contributed by atoms with E-state index in [1.165, 1.54) is 23.2 Å². The van der Waals surface area contributed by atoms with Crippen LogP contribution in [0.1, 0.15) is 41.5 Å². The first-order valence-corrected chi connectivity index (χ1v) is 10.4. The van der Waals surface area contributed by atoms with Crippen molar-refractivity contribution in [3.05, 3.63) is 47.0 Å². The Balaban J connectivity index is 1.39. The summed E-state index contributed by atoms with van der Waals surface area (Å²) in [6, 6.07) is 6.47. The smallest absolute Gasteiger partial charge is 0.161 e. The molecule has 1 atom stereocenters. The van der Waals surface area contributed by atoms with Crippen molar-refractivity contribution in [3.8, 4) is 11.5 Å². The van der Waals surface area contributed by atoms with Gasteiger partial charge >= 0.3 is 0 Å². The first-order valence-electron chi connectivity index (χ1n) is 10.4. The molecule has 2 aliphatic heterocycles. The zero-order chi connectivity index (χ0) is 20.1. The minimum absolute atomic E-state index is 0.329. The molecule has 0 amide bonds. The molecule has 1 aromatic carbocycles. The molecule has 1 N–H and O–H groups in total. The van der Waals surface area contributed by atoms with E-state index in [0.29, 0.717) is 19.3 Å². The van der Waals surface area contributed by atoms with E-state index in [-0.39, 0.29) is 0 Å². The third-order valence-electron chi connectivity index (χ3n) is 5.58. The molecule has 0 bridgehead atoms. The average molecular weight is 399 g/mol. The maximum atomic E-state index is 5.73. The number of fused-ring (bicyclic) bond motifs is 1. The lowest BCUT2D eigenvalue weighted by molar-refractivity contribution is 0.144. The van der Waals surface area contributed by atoms with E-state index in [0.717, 1.165) is 56.3 Å². The number of nitrogens with zero attached hydrogens (tertiary/aromatic N) is 3. The molecular formula is C22H30N4O3. The van der Waals surface area contributed by atoms with Crippen molar-refractivity contribution in [2.24, 2.45) is 0 Å². The van der Waals surface area contributed by atoms with Gasteiger partial charge in [0, 0.05) is 50.6 Å². The Morgan fingerprint density at radius 1 is 1.21 bits per heavy atom. The van der Waals surface area contributed by atoms with Crippen LogP contribution in [0.15, 0.2) is 24.4 Å². The van der Waals surface area contributed by atoms with Crippen molar-refractivity contribution in [2.45, 2.75) is 38.4 Å². The van der Waals surface area contributed by atoms with Crippen molar-refractivity contribution in [3.63, 3.8) is 0 Å². The van der Waals surface area contributed by atoms with Gasteiger partial charge in [-0.1, -0.05) is 6.07 Å². The van der Waals surface area contributed by atoms with Gasteiger partial charge in [-0.2, -0.15) is 0 Å². The van der Waals surface area contributed by atoms with Crippen molar-refractivity contribution >= 4 is 0 Å². The largest absolute Gasteiger partial charge is 0.493 e. The summed E-state index contributed by atoms with van der Waals surface area (Å²) in [6.07, 6.45) is 5.33. The lowest BCUT2D eigenvalue weighted by Gasteiger charge is -2.28. The van der Waals surface area contributed by atoms with Gasteiger partial charge in [0.2, 0.25) is 0 Å². The van der Waals surface area contributed by atoms with E-state index >= 15 is 0 Å². The Labute approximate surface area is 172 Å². The van der Waals surface area contributed by atoms with Crippen molar-refractivity contribution < 1.29 is 14.2 Å². The molecule has 2 aromatic rings. The monoisotopic (exact) mass is 398 g/mol. The highest BCUT2D eigenvalue weighted by Crippen LogP contribution is 2.29. The highest BCUT2D eigenvalue weighted by atomic mass is 16.5. The number of rotatable bonds is 8.